The summed E-state index contributed by atoms with van der Waals surface area (Å²) in [4.78, 5) is 14.6. The van der Waals surface area contributed by atoms with Crippen molar-refractivity contribution in [3.05, 3.63) is 65.7 Å². The van der Waals surface area contributed by atoms with E-state index < -0.39 is 0 Å². The van der Waals surface area contributed by atoms with Crippen LogP contribution in [0.1, 0.15) is 50.7 Å². The number of nitrogens with zero attached hydrogens (tertiary/aromatic N) is 1. The van der Waals surface area contributed by atoms with Crippen molar-refractivity contribution in [2.75, 3.05) is 23.3 Å². The maximum absolute atomic E-state index is 12.1. The van der Waals surface area contributed by atoms with Crippen molar-refractivity contribution in [1.29, 1.82) is 0 Å². The highest BCUT2D eigenvalue weighted by atomic mass is 32.1. The Morgan fingerprint density at radius 3 is 2.30 bits per heavy atom. The Morgan fingerprint density at radius 2 is 1.70 bits per heavy atom. The SMILES string of the molecule is CC1CCN(c2ccc(NC(=S)NC(=O)/C=C/c3ccc(C(C)C)cc3)cc2)CC1. The minimum Gasteiger partial charge on any atom is -0.372 e. The molecule has 1 amide bonds. The van der Waals surface area contributed by atoms with Crippen LogP contribution in [0.25, 0.3) is 6.08 Å². The lowest BCUT2D eigenvalue weighted by Gasteiger charge is -2.32. The maximum Gasteiger partial charge on any atom is 0.250 e. The van der Waals surface area contributed by atoms with Crippen molar-refractivity contribution >= 4 is 40.7 Å². The van der Waals surface area contributed by atoms with E-state index in [-0.39, 0.29) is 5.91 Å². The van der Waals surface area contributed by atoms with Gasteiger partial charge in [-0.15, -0.1) is 0 Å². The van der Waals surface area contributed by atoms with Crippen molar-refractivity contribution in [3.63, 3.8) is 0 Å². The molecule has 0 aliphatic carbocycles. The molecule has 30 heavy (non-hydrogen) atoms. The van der Waals surface area contributed by atoms with Gasteiger partial charge in [-0.1, -0.05) is 45.0 Å². The van der Waals surface area contributed by atoms with Crippen molar-refractivity contribution in [2.24, 2.45) is 5.92 Å². The van der Waals surface area contributed by atoms with Gasteiger partial charge in [-0.3, -0.25) is 10.1 Å². The van der Waals surface area contributed by atoms with Gasteiger partial charge in [0.2, 0.25) is 5.91 Å². The molecule has 0 aromatic heterocycles. The maximum atomic E-state index is 12.1. The Morgan fingerprint density at radius 1 is 1.07 bits per heavy atom. The van der Waals surface area contributed by atoms with Crippen LogP contribution in [0.3, 0.4) is 0 Å². The highest BCUT2D eigenvalue weighted by Crippen LogP contribution is 2.24. The molecule has 2 aromatic rings. The van der Waals surface area contributed by atoms with Crippen LogP contribution in [0, 0.1) is 5.92 Å². The number of piperidine rings is 1. The zero-order valence-corrected chi connectivity index (χ0v) is 18.8. The Hall–Kier alpha value is -2.66. The number of nitrogens with one attached hydrogen (secondary N) is 2. The van der Waals surface area contributed by atoms with Crippen LogP contribution in [0.4, 0.5) is 11.4 Å². The molecule has 2 aromatic carbocycles. The van der Waals surface area contributed by atoms with E-state index in [0.717, 1.165) is 30.3 Å². The second kappa shape index (κ2) is 10.4. The summed E-state index contributed by atoms with van der Waals surface area (Å²) in [6.45, 7) is 8.85. The van der Waals surface area contributed by atoms with Crippen LogP contribution < -0.4 is 15.5 Å². The number of benzene rings is 2. The zero-order chi connectivity index (χ0) is 21.5. The smallest absolute Gasteiger partial charge is 0.250 e. The van der Waals surface area contributed by atoms with Crippen LogP contribution in [-0.2, 0) is 4.79 Å². The molecule has 4 nitrogen and oxygen atoms in total. The van der Waals surface area contributed by atoms with Gasteiger partial charge in [0.15, 0.2) is 5.11 Å². The summed E-state index contributed by atoms with van der Waals surface area (Å²) in [6, 6.07) is 16.4. The van der Waals surface area contributed by atoms with E-state index in [1.165, 1.54) is 30.2 Å². The lowest BCUT2D eigenvalue weighted by molar-refractivity contribution is -0.115. The number of thiocarbonyl (C=S) groups is 1. The zero-order valence-electron chi connectivity index (χ0n) is 18.0. The molecule has 2 N–H and O–H groups in total. The van der Waals surface area contributed by atoms with E-state index >= 15 is 0 Å². The third-order valence-corrected chi connectivity index (χ3v) is 5.75. The minimum atomic E-state index is -0.250. The molecular formula is C25H31N3OS. The summed E-state index contributed by atoms with van der Waals surface area (Å²) < 4.78 is 0. The topological polar surface area (TPSA) is 44.4 Å². The number of amides is 1. The quantitative estimate of drug-likeness (QED) is 0.489. The fraction of sp³-hybridized carbons (Fsp3) is 0.360. The average Bonchev–Trinajstić information content (AvgIpc) is 2.73. The molecule has 3 rings (SSSR count). The molecule has 0 bridgehead atoms. The van der Waals surface area contributed by atoms with Crippen molar-refractivity contribution < 1.29 is 4.79 Å². The van der Waals surface area contributed by atoms with Gasteiger partial charge in [0.25, 0.3) is 0 Å². The van der Waals surface area contributed by atoms with Gasteiger partial charge >= 0.3 is 0 Å². The number of rotatable bonds is 5. The molecule has 1 aliphatic heterocycles. The largest absolute Gasteiger partial charge is 0.372 e. The number of carbonyl (C=O) groups excluding carboxylic acids is 1. The fourth-order valence-electron chi connectivity index (χ4n) is 3.50. The van der Waals surface area contributed by atoms with Crippen LogP contribution in [0.2, 0.25) is 0 Å². The second-order valence-corrected chi connectivity index (χ2v) is 8.72. The van der Waals surface area contributed by atoms with Crippen LogP contribution in [-0.4, -0.2) is 24.1 Å². The first-order valence-electron chi connectivity index (χ1n) is 10.7. The van der Waals surface area contributed by atoms with E-state index in [4.69, 9.17) is 12.2 Å². The summed E-state index contributed by atoms with van der Waals surface area (Å²) >= 11 is 5.27. The third kappa shape index (κ3) is 6.42. The van der Waals surface area contributed by atoms with Gasteiger partial charge in [0, 0.05) is 30.5 Å². The molecule has 1 heterocycles. The van der Waals surface area contributed by atoms with Gasteiger partial charge in [-0.2, -0.15) is 0 Å². The molecule has 0 unspecified atom stereocenters. The Labute approximate surface area is 185 Å². The van der Waals surface area contributed by atoms with Crippen LogP contribution in [0.15, 0.2) is 54.6 Å². The van der Waals surface area contributed by atoms with Gasteiger partial charge in [0.05, 0.1) is 0 Å². The van der Waals surface area contributed by atoms with E-state index in [2.05, 4.69) is 60.6 Å². The molecule has 0 saturated carbocycles. The normalized spacial score (nSPS) is 14.9. The lowest BCUT2D eigenvalue weighted by atomic mass is 9.99. The van der Waals surface area contributed by atoms with Gasteiger partial charge in [-0.25, -0.2) is 0 Å². The number of carbonyl (C=O) groups is 1. The van der Waals surface area contributed by atoms with E-state index in [1.54, 1.807) is 6.08 Å². The summed E-state index contributed by atoms with van der Waals surface area (Å²) in [5, 5.41) is 6.06. The van der Waals surface area contributed by atoms with Gasteiger partial charge in [-0.05, 0) is 78.4 Å². The first-order valence-corrected chi connectivity index (χ1v) is 11.1. The molecule has 1 saturated heterocycles. The fourth-order valence-corrected chi connectivity index (χ4v) is 3.72. The Balaban J connectivity index is 1.48. The summed E-state index contributed by atoms with van der Waals surface area (Å²) in [5.74, 6) is 1.06. The van der Waals surface area contributed by atoms with E-state index in [9.17, 15) is 4.79 Å². The monoisotopic (exact) mass is 421 g/mol. The first kappa shape index (κ1) is 22.0. The average molecular weight is 422 g/mol. The summed E-state index contributed by atoms with van der Waals surface area (Å²) in [5.41, 5.74) is 4.36. The Kier molecular flexibility index (Phi) is 7.63. The highest BCUT2D eigenvalue weighted by molar-refractivity contribution is 7.80. The molecule has 158 valence electrons. The molecular weight excluding hydrogens is 390 g/mol. The van der Waals surface area contributed by atoms with Crippen molar-refractivity contribution in [1.82, 2.24) is 5.32 Å². The van der Waals surface area contributed by atoms with Crippen molar-refractivity contribution in [3.8, 4) is 0 Å². The highest BCUT2D eigenvalue weighted by Gasteiger charge is 2.15. The predicted octanol–water partition coefficient (Wildman–Crippen LogP) is 5.57. The van der Waals surface area contributed by atoms with Crippen LogP contribution >= 0.6 is 12.2 Å². The third-order valence-electron chi connectivity index (χ3n) is 5.54. The first-order chi connectivity index (χ1) is 14.4. The summed E-state index contributed by atoms with van der Waals surface area (Å²) in [6.07, 6.45) is 5.77. The summed E-state index contributed by atoms with van der Waals surface area (Å²) in [7, 11) is 0. The molecule has 5 heteroatoms. The molecule has 1 fully saturated rings. The molecule has 0 radical (unpaired) electrons. The molecule has 1 aliphatic rings. The van der Waals surface area contributed by atoms with E-state index in [1.807, 2.05) is 24.3 Å². The molecule has 0 spiro atoms. The van der Waals surface area contributed by atoms with Gasteiger partial charge < -0.3 is 10.2 Å². The second-order valence-electron chi connectivity index (χ2n) is 8.31. The Bertz CT molecular complexity index is 880. The minimum absolute atomic E-state index is 0.250. The van der Waals surface area contributed by atoms with Gasteiger partial charge in [0.1, 0.15) is 0 Å². The van der Waals surface area contributed by atoms with E-state index in [0.29, 0.717) is 11.0 Å². The number of hydrogen-bond acceptors (Lipinski definition) is 3. The lowest BCUT2D eigenvalue weighted by Crippen LogP contribution is -2.33. The number of anilines is 2. The standard InChI is InChI=1S/C25H31N3OS/c1-18(2)21-7-4-20(5-8-21)6-13-24(29)27-25(30)26-22-9-11-23(12-10-22)28-16-14-19(3)15-17-28/h4-13,18-19H,14-17H2,1-3H3,(H2,26,27,29,30)/b13-6+. The number of hydrogen-bond donors (Lipinski definition) is 2. The molecule has 0 atom stereocenters. The van der Waals surface area contributed by atoms with Crippen molar-refractivity contribution in [2.45, 2.75) is 39.5 Å². The predicted molar refractivity (Wildman–Crippen MR) is 131 cm³/mol. The van der Waals surface area contributed by atoms with Crippen LogP contribution in [0.5, 0.6) is 0 Å².